The molecule has 0 bridgehead atoms. The van der Waals surface area contributed by atoms with Gasteiger partial charge in [-0.1, -0.05) is 124 Å². The fraction of sp³-hybridized carbons (Fsp3) is 0.171. The molecule has 0 saturated carbocycles. The molecule has 0 amide bonds. The van der Waals surface area contributed by atoms with Gasteiger partial charge in [-0.25, -0.2) is 0 Å². The van der Waals surface area contributed by atoms with Crippen molar-refractivity contribution >= 4 is 0 Å². The summed E-state index contributed by atoms with van der Waals surface area (Å²) in [4.78, 5) is 4.54. The Morgan fingerprint density at radius 2 is 1.29 bits per heavy atom. The molecule has 0 aliphatic heterocycles. The highest BCUT2D eigenvalue weighted by molar-refractivity contribution is 5.63. The number of nitrogens with zero attached hydrogens (tertiary/aromatic N) is 1. The van der Waals surface area contributed by atoms with E-state index in [4.69, 9.17) is 4.74 Å². The quantitative estimate of drug-likeness (QED) is 0.231. The molecule has 3 heteroatoms. The zero-order chi connectivity index (χ0) is 26.6. The summed E-state index contributed by atoms with van der Waals surface area (Å²) in [6.07, 6.45) is 1.79. The maximum Gasteiger partial charge on any atom is 0.144 e. The van der Waals surface area contributed by atoms with E-state index in [9.17, 15) is 5.11 Å². The maximum absolute atomic E-state index is 12.9. The molecule has 0 spiro atoms. The van der Waals surface area contributed by atoms with Crippen LogP contribution in [0.15, 0.2) is 128 Å². The average molecular weight is 500 g/mol. The zero-order valence-corrected chi connectivity index (χ0v) is 22.1. The van der Waals surface area contributed by atoms with Gasteiger partial charge in [0.25, 0.3) is 0 Å². The van der Waals surface area contributed by atoms with Crippen LogP contribution in [0.25, 0.3) is 11.3 Å². The Morgan fingerprint density at radius 3 is 1.97 bits per heavy atom. The van der Waals surface area contributed by atoms with Crippen LogP contribution in [0.2, 0.25) is 0 Å². The van der Waals surface area contributed by atoms with E-state index >= 15 is 0 Å². The molecule has 0 radical (unpaired) electrons. The third-order valence-corrected chi connectivity index (χ3v) is 6.87. The highest BCUT2D eigenvalue weighted by atomic mass is 16.5. The summed E-state index contributed by atoms with van der Waals surface area (Å²) < 4.78 is 6.61. The van der Waals surface area contributed by atoms with Crippen molar-refractivity contribution in [1.29, 1.82) is 0 Å². The molecule has 0 saturated heterocycles. The molecule has 190 valence electrons. The number of rotatable bonds is 7. The van der Waals surface area contributed by atoms with Gasteiger partial charge in [-0.3, -0.25) is 4.98 Å². The Balaban J connectivity index is 1.73. The van der Waals surface area contributed by atoms with Gasteiger partial charge in [0, 0.05) is 17.3 Å². The van der Waals surface area contributed by atoms with Gasteiger partial charge in [-0.15, -0.1) is 0 Å². The lowest BCUT2D eigenvalue weighted by Crippen LogP contribution is -2.30. The minimum Gasteiger partial charge on any atom is -0.488 e. The number of hydrogen-bond acceptors (Lipinski definition) is 3. The molecule has 0 aliphatic carbocycles. The van der Waals surface area contributed by atoms with Crippen LogP contribution >= 0.6 is 0 Å². The van der Waals surface area contributed by atoms with E-state index in [1.165, 1.54) is 0 Å². The molecule has 3 nitrogen and oxygen atoms in total. The molecule has 5 rings (SSSR count). The first-order chi connectivity index (χ1) is 18.4. The number of aliphatic hydroxyl groups is 1. The van der Waals surface area contributed by atoms with E-state index in [1.54, 1.807) is 6.20 Å². The van der Waals surface area contributed by atoms with Crippen LogP contribution in [0.1, 0.15) is 48.6 Å². The normalized spacial score (nSPS) is 13.1. The number of pyridine rings is 1. The largest absolute Gasteiger partial charge is 0.488 e. The van der Waals surface area contributed by atoms with Gasteiger partial charge in [0.1, 0.15) is 18.0 Å². The molecule has 1 atom stereocenters. The van der Waals surface area contributed by atoms with E-state index in [0.717, 1.165) is 33.5 Å². The molecule has 1 N–H and O–H groups in total. The lowest BCUT2D eigenvalue weighted by Gasteiger charge is -2.34. The minimum atomic E-state index is -1.46. The third kappa shape index (κ3) is 5.11. The predicted molar refractivity (Wildman–Crippen MR) is 154 cm³/mol. The van der Waals surface area contributed by atoms with Crippen molar-refractivity contribution in [3.63, 3.8) is 0 Å². The summed E-state index contributed by atoms with van der Waals surface area (Å²) >= 11 is 0. The van der Waals surface area contributed by atoms with Crippen molar-refractivity contribution in [2.45, 2.75) is 38.4 Å². The number of hydrogen-bond donors (Lipinski definition) is 1. The van der Waals surface area contributed by atoms with Crippen molar-refractivity contribution < 1.29 is 9.84 Å². The molecular formula is C35H33NO2. The van der Waals surface area contributed by atoms with Crippen molar-refractivity contribution in [3.8, 4) is 17.0 Å². The molecule has 1 aromatic heterocycles. The molecule has 4 aromatic carbocycles. The van der Waals surface area contributed by atoms with Gasteiger partial charge < -0.3 is 9.84 Å². The number of aromatic nitrogens is 1. The molecular weight excluding hydrogens is 466 g/mol. The van der Waals surface area contributed by atoms with Crippen molar-refractivity contribution in [2.75, 3.05) is 0 Å². The summed E-state index contributed by atoms with van der Waals surface area (Å²) in [5.74, 6) is 0.707. The summed E-state index contributed by atoms with van der Waals surface area (Å²) in [7, 11) is 0. The van der Waals surface area contributed by atoms with Crippen molar-refractivity contribution in [3.05, 3.63) is 155 Å². The first-order valence-corrected chi connectivity index (χ1v) is 13.0. The van der Waals surface area contributed by atoms with Gasteiger partial charge >= 0.3 is 0 Å². The molecule has 1 unspecified atom stereocenters. The Morgan fingerprint density at radius 1 is 0.658 bits per heavy atom. The second-order valence-electron chi connectivity index (χ2n) is 10.6. The third-order valence-electron chi connectivity index (χ3n) is 6.87. The number of para-hydroxylation sites is 1. The highest BCUT2D eigenvalue weighted by Crippen LogP contribution is 2.45. The summed E-state index contributed by atoms with van der Waals surface area (Å²) in [6.45, 7) is 6.92. The molecule has 1 heterocycles. The van der Waals surface area contributed by atoms with E-state index < -0.39 is 5.60 Å². The van der Waals surface area contributed by atoms with Crippen LogP contribution in [0.3, 0.4) is 0 Å². The van der Waals surface area contributed by atoms with Gasteiger partial charge in [0.2, 0.25) is 0 Å². The van der Waals surface area contributed by atoms with E-state index in [-0.39, 0.29) is 5.41 Å². The zero-order valence-electron chi connectivity index (χ0n) is 22.1. The maximum atomic E-state index is 12.9. The predicted octanol–water partition coefficient (Wildman–Crippen LogP) is 7.91. The fourth-order valence-corrected chi connectivity index (χ4v) is 4.89. The van der Waals surface area contributed by atoms with Crippen molar-refractivity contribution in [2.24, 2.45) is 0 Å². The van der Waals surface area contributed by atoms with Crippen LogP contribution < -0.4 is 4.74 Å². The Bertz CT molecular complexity index is 1490. The van der Waals surface area contributed by atoms with Crippen LogP contribution in [0, 0.1) is 0 Å². The summed E-state index contributed by atoms with van der Waals surface area (Å²) in [6, 6.07) is 39.9. The first-order valence-electron chi connectivity index (χ1n) is 13.0. The van der Waals surface area contributed by atoms with Crippen LogP contribution in [0.4, 0.5) is 0 Å². The average Bonchev–Trinajstić information content (AvgIpc) is 2.96. The Hall–Kier alpha value is -4.21. The van der Waals surface area contributed by atoms with Crippen LogP contribution in [-0.2, 0) is 17.6 Å². The number of benzene rings is 4. The van der Waals surface area contributed by atoms with Crippen LogP contribution in [0.5, 0.6) is 5.75 Å². The van der Waals surface area contributed by atoms with E-state index in [2.05, 4.69) is 44.0 Å². The second kappa shape index (κ2) is 10.6. The summed E-state index contributed by atoms with van der Waals surface area (Å²) in [5.41, 5.74) is 4.49. The summed E-state index contributed by atoms with van der Waals surface area (Å²) in [5, 5.41) is 12.9. The van der Waals surface area contributed by atoms with Gasteiger partial charge in [-0.2, -0.15) is 0 Å². The SMILES string of the molecule is CC(C)(C)c1cccc(C(O)(c2ccccc2)c2cccc(-c3ccccn3)c2)c1OCc1ccccc1. The molecule has 0 aliphatic rings. The van der Waals surface area contributed by atoms with Crippen molar-refractivity contribution in [1.82, 2.24) is 4.98 Å². The molecule has 38 heavy (non-hydrogen) atoms. The van der Waals surface area contributed by atoms with E-state index in [0.29, 0.717) is 17.9 Å². The smallest absolute Gasteiger partial charge is 0.144 e. The van der Waals surface area contributed by atoms with Gasteiger partial charge in [-0.05, 0) is 45.9 Å². The van der Waals surface area contributed by atoms with E-state index in [1.807, 2.05) is 103 Å². The highest BCUT2D eigenvalue weighted by Gasteiger charge is 2.38. The topological polar surface area (TPSA) is 42.4 Å². The fourth-order valence-electron chi connectivity index (χ4n) is 4.89. The molecule has 5 aromatic rings. The van der Waals surface area contributed by atoms with Gasteiger partial charge in [0.05, 0.1) is 5.69 Å². The standard InChI is InChI=1S/C35H33NO2/c1-34(2,3)30-20-13-21-31(33(30)38-25-26-14-6-4-7-15-26)35(37,28-17-8-5-9-18-28)29-19-12-16-27(24-29)32-22-10-11-23-36-32/h4-24,37H,25H2,1-3H3. The Kier molecular flexibility index (Phi) is 7.13. The number of ether oxygens (including phenoxy) is 1. The lowest BCUT2D eigenvalue weighted by molar-refractivity contribution is 0.119. The monoisotopic (exact) mass is 499 g/mol. The minimum absolute atomic E-state index is 0.199. The molecule has 0 fully saturated rings. The Labute approximate surface area is 225 Å². The lowest BCUT2D eigenvalue weighted by atomic mass is 9.76. The van der Waals surface area contributed by atoms with Crippen LogP contribution in [-0.4, -0.2) is 10.1 Å². The van der Waals surface area contributed by atoms with Gasteiger partial charge in [0.15, 0.2) is 0 Å². The first kappa shape index (κ1) is 25.4. The second-order valence-corrected chi connectivity index (χ2v) is 10.6.